The lowest BCUT2D eigenvalue weighted by Crippen LogP contribution is -2.48. The van der Waals surface area contributed by atoms with Gasteiger partial charge in [0.2, 0.25) is 5.91 Å². The van der Waals surface area contributed by atoms with Gasteiger partial charge < -0.3 is 4.90 Å². The number of amides is 1. The fourth-order valence-corrected chi connectivity index (χ4v) is 4.40. The first-order valence-corrected chi connectivity index (χ1v) is 7.04. The first-order chi connectivity index (χ1) is 8.22. The number of nitrogens with zero attached hydrogens (tertiary/aromatic N) is 1. The summed E-state index contributed by atoms with van der Waals surface area (Å²) >= 11 is 0. The van der Waals surface area contributed by atoms with Crippen LogP contribution in [0.4, 0.5) is 0 Å². The van der Waals surface area contributed by atoms with E-state index in [1.807, 2.05) is 0 Å². The van der Waals surface area contributed by atoms with Gasteiger partial charge in [-0.15, -0.1) is 0 Å². The van der Waals surface area contributed by atoms with Crippen LogP contribution in [0.15, 0.2) is 0 Å². The summed E-state index contributed by atoms with van der Waals surface area (Å²) in [7, 11) is 0. The van der Waals surface area contributed by atoms with Crippen molar-refractivity contribution in [3.63, 3.8) is 0 Å². The molecule has 3 nitrogen and oxygen atoms in total. The average Bonchev–Trinajstić information content (AvgIpc) is 2.64. The summed E-state index contributed by atoms with van der Waals surface area (Å²) in [5.74, 6) is 1.96. The van der Waals surface area contributed by atoms with E-state index in [9.17, 15) is 9.59 Å². The highest BCUT2D eigenvalue weighted by Crippen LogP contribution is 2.45. The van der Waals surface area contributed by atoms with Gasteiger partial charge in [-0.1, -0.05) is 6.92 Å². The molecule has 0 aromatic carbocycles. The molecule has 0 spiro atoms. The molecule has 3 heteroatoms. The molecule has 2 saturated heterocycles. The van der Waals surface area contributed by atoms with Crippen molar-refractivity contribution in [3.8, 4) is 0 Å². The molecule has 3 rings (SSSR count). The molecule has 2 aliphatic heterocycles. The number of hydrogen-bond donors (Lipinski definition) is 0. The Labute approximate surface area is 103 Å². The van der Waals surface area contributed by atoms with Crippen LogP contribution in [0.3, 0.4) is 0 Å². The van der Waals surface area contributed by atoms with Crippen molar-refractivity contribution >= 4 is 11.7 Å². The van der Waals surface area contributed by atoms with E-state index in [1.54, 1.807) is 0 Å². The molecule has 17 heavy (non-hydrogen) atoms. The van der Waals surface area contributed by atoms with Crippen LogP contribution in [0.2, 0.25) is 0 Å². The quantitative estimate of drug-likeness (QED) is 0.697. The Morgan fingerprint density at radius 1 is 1.29 bits per heavy atom. The van der Waals surface area contributed by atoms with Gasteiger partial charge in [-0.05, 0) is 37.5 Å². The van der Waals surface area contributed by atoms with Crippen LogP contribution in [-0.4, -0.2) is 29.2 Å². The smallest absolute Gasteiger partial charge is 0.222 e. The molecule has 0 aromatic heterocycles. The van der Waals surface area contributed by atoms with E-state index in [0.717, 1.165) is 38.6 Å². The molecule has 0 radical (unpaired) electrons. The topological polar surface area (TPSA) is 37.4 Å². The zero-order valence-electron chi connectivity index (χ0n) is 10.5. The van der Waals surface area contributed by atoms with Gasteiger partial charge in [0.05, 0.1) is 0 Å². The zero-order valence-corrected chi connectivity index (χ0v) is 10.5. The van der Waals surface area contributed by atoms with Crippen LogP contribution in [0.5, 0.6) is 0 Å². The summed E-state index contributed by atoms with van der Waals surface area (Å²) in [5, 5.41) is 0. The molecule has 4 atom stereocenters. The Bertz CT molecular complexity index is 352. The second-order valence-corrected chi connectivity index (χ2v) is 5.87. The van der Waals surface area contributed by atoms with Crippen molar-refractivity contribution in [2.24, 2.45) is 17.8 Å². The molecule has 2 heterocycles. The largest absolute Gasteiger partial charge is 0.339 e. The van der Waals surface area contributed by atoms with Crippen LogP contribution in [0.1, 0.15) is 45.4 Å². The Kier molecular flexibility index (Phi) is 2.72. The van der Waals surface area contributed by atoms with Crippen molar-refractivity contribution in [1.29, 1.82) is 0 Å². The number of hydrogen-bond acceptors (Lipinski definition) is 2. The zero-order chi connectivity index (χ0) is 12.0. The third-order valence-corrected chi connectivity index (χ3v) is 5.10. The van der Waals surface area contributed by atoms with Crippen molar-refractivity contribution < 1.29 is 9.59 Å². The van der Waals surface area contributed by atoms with Crippen LogP contribution in [0.25, 0.3) is 0 Å². The summed E-state index contributed by atoms with van der Waals surface area (Å²) in [6, 6.07) is 0.396. The van der Waals surface area contributed by atoms with Gasteiger partial charge in [-0.25, -0.2) is 0 Å². The minimum Gasteiger partial charge on any atom is -0.339 e. The van der Waals surface area contributed by atoms with Crippen LogP contribution < -0.4 is 0 Å². The van der Waals surface area contributed by atoms with Gasteiger partial charge in [0.25, 0.3) is 0 Å². The monoisotopic (exact) mass is 235 g/mol. The SMILES string of the molecule is CC[C@H]1C(=O)C[C@@H]2CCN3C(=O)CCC[C@H]1[C@H]23. The van der Waals surface area contributed by atoms with E-state index in [1.165, 1.54) is 0 Å². The van der Waals surface area contributed by atoms with Crippen molar-refractivity contribution in [2.45, 2.75) is 51.5 Å². The second kappa shape index (κ2) is 4.11. The highest BCUT2D eigenvalue weighted by molar-refractivity contribution is 5.84. The first kappa shape index (κ1) is 11.2. The molecule has 0 bridgehead atoms. The Hall–Kier alpha value is -0.860. The second-order valence-electron chi connectivity index (χ2n) is 5.87. The molecule has 1 saturated carbocycles. The molecular weight excluding hydrogens is 214 g/mol. The van der Waals surface area contributed by atoms with Gasteiger partial charge in [0.1, 0.15) is 5.78 Å². The van der Waals surface area contributed by atoms with Crippen LogP contribution in [0, 0.1) is 17.8 Å². The summed E-state index contributed by atoms with van der Waals surface area (Å²) in [4.78, 5) is 26.3. The van der Waals surface area contributed by atoms with Crippen LogP contribution >= 0.6 is 0 Å². The Balaban J connectivity index is 1.94. The lowest BCUT2D eigenvalue weighted by molar-refractivity contribution is -0.137. The van der Waals surface area contributed by atoms with Gasteiger partial charge in [-0.3, -0.25) is 9.59 Å². The number of Topliss-reactive ketones (excluding diaryl/α,β-unsaturated/α-hetero) is 1. The van der Waals surface area contributed by atoms with E-state index in [4.69, 9.17) is 0 Å². The molecule has 0 unspecified atom stereocenters. The summed E-state index contributed by atoms with van der Waals surface area (Å²) in [5.41, 5.74) is 0. The standard InChI is InChI=1S/C14H21NO2/c1-2-10-11-4-3-5-13(17)15-7-6-9(14(11)15)8-12(10)16/h9-11,14H,2-8H2,1H3/t9-,10+,11+,14-/m0/s1. The molecular formula is C14H21NO2. The van der Waals surface area contributed by atoms with E-state index in [0.29, 0.717) is 36.0 Å². The summed E-state index contributed by atoms with van der Waals surface area (Å²) < 4.78 is 0. The Morgan fingerprint density at radius 2 is 2.12 bits per heavy atom. The third-order valence-electron chi connectivity index (χ3n) is 5.10. The fraction of sp³-hybridized carbons (Fsp3) is 0.857. The maximum Gasteiger partial charge on any atom is 0.222 e. The predicted molar refractivity (Wildman–Crippen MR) is 64.4 cm³/mol. The molecule has 94 valence electrons. The molecule has 1 amide bonds. The molecule has 0 N–H and O–H groups in total. The number of carbonyl (C=O) groups is 2. The minimum absolute atomic E-state index is 0.225. The van der Waals surface area contributed by atoms with Gasteiger partial charge in [0, 0.05) is 31.3 Å². The number of carbonyl (C=O) groups excluding carboxylic acids is 2. The maximum atomic E-state index is 12.2. The predicted octanol–water partition coefficient (Wildman–Crippen LogP) is 2.00. The van der Waals surface area contributed by atoms with Gasteiger partial charge in [-0.2, -0.15) is 0 Å². The normalized spacial score (nSPS) is 41.4. The average molecular weight is 235 g/mol. The number of ketones is 1. The molecule has 1 aliphatic carbocycles. The third kappa shape index (κ3) is 1.62. The number of rotatable bonds is 1. The van der Waals surface area contributed by atoms with E-state index in [2.05, 4.69) is 11.8 Å². The van der Waals surface area contributed by atoms with E-state index >= 15 is 0 Å². The first-order valence-electron chi connectivity index (χ1n) is 7.04. The summed E-state index contributed by atoms with van der Waals surface area (Å²) in [6.07, 6.45) is 5.48. The van der Waals surface area contributed by atoms with Crippen LogP contribution in [-0.2, 0) is 9.59 Å². The lowest BCUT2D eigenvalue weighted by Gasteiger charge is -2.41. The van der Waals surface area contributed by atoms with Gasteiger partial charge >= 0.3 is 0 Å². The highest BCUT2D eigenvalue weighted by Gasteiger charge is 2.50. The van der Waals surface area contributed by atoms with E-state index in [-0.39, 0.29) is 5.92 Å². The Morgan fingerprint density at radius 3 is 2.88 bits per heavy atom. The molecule has 0 aromatic rings. The fourth-order valence-electron chi connectivity index (χ4n) is 4.40. The maximum absolute atomic E-state index is 12.2. The highest BCUT2D eigenvalue weighted by atomic mass is 16.2. The molecule has 3 aliphatic rings. The summed E-state index contributed by atoms with van der Waals surface area (Å²) in [6.45, 7) is 3.02. The van der Waals surface area contributed by atoms with E-state index < -0.39 is 0 Å². The molecule has 3 fully saturated rings. The lowest BCUT2D eigenvalue weighted by atomic mass is 9.68. The van der Waals surface area contributed by atoms with Gasteiger partial charge in [0.15, 0.2) is 0 Å². The van der Waals surface area contributed by atoms with Crippen molar-refractivity contribution in [1.82, 2.24) is 4.90 Å². The minimum atomic E-state index is 0.225. The van der Waals surface area contributed by atoms with Crippen molar-refractivity contribution in [2.75, 3.05) is 6.54 Å². The van der Waals surface area contributed by atoms with Crippen molar-refractivity contribution in [3.05, 3.63) is 0 Å².